The van der Waals surface area contributed by atoms with Crippen LogP contribution in [0.4, 0.5) is 10.8 Å². The molecule has 0 atom stereocenters. The minimum absolute atomic E-state index is 0.0723. The Morgan fingerprint density at radius 1 is 1.12 bits per heavy atom. The summed E-state index contributed by atoms with van der Waals surface area (Å²) >= 11 is 3.03. The topological polar surface area (TPSA) is 73.1 Å². The highest BCUT2D eigenvalue weighted by Crippen LogP contribution is 2.33. The molecule has 1 amide bonds. The van der Waals surface area contributed by atoms with E-state index < -0.39 is 0 Å². The molecule has 4 aromatic rings. The number of nitrogens with zero attached hydrogens (tertiary/aromatic N) is 5. The number of methoxy groups -OCH3 is 1. The van der Waals surface area contributed by atoms with E-state index in [1.807, 2.05) is 60.0 Å². The van der Waals surface area contributed by atoms with E-state index in [1.165, 1.54) is 11.3 Å². The largest absolute Gasteiger partial charge is 0.496 e. The van der Waals surface area contributed by atoms with E-state index in [-0.39, 0.29) is 5.91 Å². The molecule has 2 aromatic heterocycles. The zero-order chi connectivity index (χ0) is 22.5. The Balaban J connectivity index is 1.53. The second-order valence-electron chi connectivity index (χ2n) is 6.85. The molecular weight excluding hydrogens is 442 g/mol. The Morgan fingerprint density at radius 3 is 2.59 bits per heavy atom. The summed E-state index contributed by atoms with van der Waals surface area (Å²) in [6.07, 6.45) is 0. The first kappa shape index (κ1) is 22.0. The Labute approximate surface area is 195 Å². The molecule has 0 fully saturated rings. The van der Waals surface area contributed by atoms with Crippen LogP contribution in [0.2, 0.25) is 0 Å². The molecule has 0 aliphatic rings. The highest BCUT2D eigenvalue weighted by molar-refractivity contribution is 7.98. The number of hydrogen-bond donors (Lipinski definition) is 0. The molecule has 2 heterocycles. The fourth-order valence-electron chi connectivity index (χ4n) is 3.32. The summed E-state index contributed by atoms with van der Waals surface area (Å²) in [6.45, 7) is 4.35. The van der Waals surface area contributed by atoms with Crippen molar-refractivity contribution in [3.63, 3.8) is 0 Å². The van der Waals surface area contributed by atoms with E-state index in [0.717, 1.165) is 40.2 Å². The van der Waals surface area contributed by atoms with Crippen LogP contribution in [0.5, 0.6) is 5.75 Å². The van der Waals surface area contributed by atoms with E-state index in [2.05, 4.69) is 21.7 Å². The van der Waals surface area contributed by atoms with E-state index >= 15 is 0 Å². The average Bonchev–Trinajstić information content (AvgIpc) is 3.45. The number of thiazole rings is 1. The standard InChI is InChI=1S/C23H23N5O2S2/c1-4-27-21(19-12-8-9-13-20(19)30-3)25-26-23(27)32-15-17-14-31-22(24-17)28(16(2)29)18-10-6-5-7-11-18/h5-14H,4,15H2,1-3H3. The number of aromatic nitrogens is 4. The minimum atomic E-state index is -0.0723. The number of ether oxygens (including phenoxy) is 1. The van der Waals surface area contributed by atoms with Crippen molar-refractivity contribution in [1.82, 2.24) is 19.7 Å². The number of carbonyl (C=O) groups is 1. The Kier molecular flexibility index (Phi) is 6.87. The van der Waals surface area contributed by atoms with Gasteiger partial charge in [0, 0.05) is 24.6 Å². The predicted octanol–water partition coefficient (Wildman–Crippen LogP) is 5.41. The average molecular weight is 466 g/mol. The van der Waals surface area contributed by atoms with Crippen LogP contribution < -0.4 is 9.64 Å². The molecule has 0 aliphatic heterocycles. The molecule has 0 bridgehead atoms. The molecule has 2 aromatic carbocycles. The zero-order valence-electron chi connectivity index (χ0n) is 18.1. The van der Waals surface area contributed by atoms with Gasteiger partial charge in [-0.05, 0) is 31.2 Å². The quantitative estimate of drug-likeness (QED) is 0.324. The summed E-state index contributed by atoms with van der Waals surface area (Å²) in [7, 11) is 1.65. The van der Waals surface area contributed by atoms with Gasteiger partial charge in [0.25, 0.3) is 0 Å². The minimum Gasteiger partial charge on any atom is -0.496 e. The van der Waals surface area contributed by atoms with Gasteiger partial charge in [0.1, 0.15) is 5.75 Å². The molecule has 0 saturated heterocycles. The van der Waals surface area contributed by atoms with Crippen LogP contribution in [0.15, 0.2) is 65.1 Å². The third-order valence-corrected chi connectivity index (χ3v) is 6.67. The van der Waals surface area contributed by atoms with Gasteiger partial charge in [0.2, 0.25) is 5.91 Å². The monoisotopic (exact) mass is 465 g/mol. The van der Waals surface area contributed by atoms with Gasteiger partial charge in [-0.1, -0.05) is 42.1 Å². The van der Waals surface area contributed by atoms with Crippen molar-refractivity contribution >= 4 is 39.8 Å². The molecule has 0 aliphatic carbocycles. The van der Waals surface area contributed by atoms with Gasteiger partial charge in [-0.2, -0.15) is 0 Å². The lowest BCUT2D eigenvalue weighted by atomic mass is 10.2. The van der Waals surface area contributed by atoms with Gasteiger partial charge >= 0.3 is 0 Å². The maximum Gasteiger partial charge on any atom is 0.230 e. The fourth-order valence-corrected chi connectivity index (χ4v) is 5.20. The maximum absolute atomic E-state index is 12.3. The lowest BCUT2D eigenvalue weighted by Gasteiger charge is -2.17. The van der Waals surface area contributed by atoms with Gasteiger partial charge in [-0.25, -0.2) is 4.98 Å². The lowest BCUT2D eigenvalue weighted by Crippen LogP contribution is -2.22. The molecular formula is C23H23N5O2S2. The lowest BCUT2D eigenvalue weighted by molar-refractivity contribution is -0.115. The zero-order valence-corrected chi connectivity index (χ0v) is 19.7. The van der Waals surface area contributed by atoms with Crippen LogP contribution in [-0.4, -0.2) is 32.8 Å². The summed E-state index contributed by atoms with van der Waals surface area (Å²) in [4.78, 5) is 18.6. The molecule has 0 N–H and O–H groups in total. The summed E-state index contributed by atoms with van der Waals surface area (Å²) in [6, 6.07) is 17.3. The molecule has 0 saturated carbocycles. The first-order valence-electron chi connectivity index (χ1n) is 10.1. The molecule has 7 nitrogen and oxygen atoms in total. The van der Waals surface area contributed by atoms with Crippen molar-refractivity contribution in [3.8, 4) is 17.1 Å². The van der Waals surface area contributed by atoms with Crippen LogP contribution in [0.1, 0.15) is 19.5 Å². The molecule has 0 radical (unpaired) electrons. The molecule has 164 valence electrons. The normalized spacial score (nSPS) is 10.8. The first-order chi connectivity index (χ1) is 15.6. The number of thioether (sulfide) groups is 1. The number of amides is 1. The SMILES string of the molecule is CCn1c(SCc2csc(N(C(C)=O)c3ccccc3)n2)nnc1-c1ccccc1OC. The molecule has 0 unspecified atom stereocenters. The number of benzene rings is 2. The second-order valence-corrected chi connectivity index (χ2v) is 8.63. The second kappa shape index (κ2) is 9.97. The number of carbonyl (C=O) groups excluding carboxylic acids is 1. The number of anilines is 2. The van der Waals surface area contributed by atoms with Crippen LogP contribution >= 0.6 is 23.1 Å². The number of rotatable bonds is 8. The van der Waals surface area contributed by atoms with Crippen molar-refractivity contribution in [2.24, 2.45) is 0 Å². The molecule has 32 heavy (non-hydrogen) atoms. The van der Waals surface area contributed by atoms with Crippen molar-refractivity contribution in [2.45, 2.75) is 31.3 Å². The van der Waals surface area contributed by atoms with Crippen molar-refractivity contribution in [1.29, 1.82) is 0 Å². The van der Waals surface area contributed by atoms with Crippen LogP contribution in [-0.2, 0) is 17.1 Å². The third kappa shape index (κ3) is 4.53. The maximum atomic E-state index is 12.3. The van der Waals surface area contributed by atoms with Crippen molar-refractivity contribution < 1.29 is 9.53 Å². The highest BCUT2D eigenvalue weighted by atomic mass is 32.2. The van der Waals surface area contributed by atoms with E-state index in [0.29, 0.717) is 10.9 Å². The van der Waals surface area contributed by atoms with Gasteiger partial charge in [0.15, 0.2) is 16.1 Å². The molecule has 9 heteroatoms. The highest BCUT2D eigenvalue weighted by Gasteiger charge is 2.19. The smallest absolute Gasteiger partial charge is 0.230 e. The van der Waals surface area contributed by atoms with Gasteiger partial charge in [-0.3, -0.25) is 9.69 Å². The first-order valence-corrected chi connectivity index (χ1v) is 12.0. The van der Waals surface area contributed by atoms with Crippen LogP contribution in [0.3, 0.4) is 0 Å². The van der Waals surface area contributed by atoms with Crippen molar-refractivity contribution in [3.05, 3.63) is 65.7 Å². The molecule has 0 spiro atoms. The Morgan fingerprint density at radius 2 is 1.88 bits per heavy atom. The van der Waals surface area contributed by atoms with E-state index in [1.54, 1.807) is 30.7 Å². The molecule has 4 rings (SSSR count). The van der Waals surface area contributed by atoms with Gasteiger partial charge in [0.05, 0.1) is 24.1 Å². The van der Waals surface area contributed by atoms with Gasteiger partial charge < -0.3 is 9.30 Å². The van der Waals surface area contributed by atoms with E-state index in [4.69, 9.17) is 9.72 Å². The number of para-hydroxylation sites is 2. The number of hydrogen-bond acceptors (Lipinski definition) is 7. The Bertz CT molecular complexity index is 1210. The van der Waals surface area contributed by atoms with Crippen LogP contribution in [0.25, 0.3) is 11.4 Å². The Hall–Kier alpha value is -3.17. The third-order valence-electron chi connectivity index (χ3n) is 4.79. The van der Waals surface area contributed by atoms with Crippen LogP contribution in [0, 0.1) is 0 Å². The predicted molar refractivity (Wildman–Crippen MR) is 129 cm³/mol. The summed E-state index contributed by atoms with van der Waals surface area (Å²) in [5, 5.41) is 12.3. The summed E-state index contributed by atoms with van der Waals surface area (Å²) in [5.41, 5.74) is 2.61. The fraction of sp³-hybridized carbons (Fsp3) is 0.217. The summed E-state index contributed by atoms with van der Waals surface area (Å²) < 4.78 is 7.56. The van der Waals surface area contributed by atoms with E-state index in [9.17, 15) is 4.79 Å². The summed E-state index contributed by atoms with van der Waals surface area (Å²) in [5.74, 6) is 2.09. The van der Waals surface area contributed by atoms with Crippen molar-refractivity contribution in [2.75, 3.05) is 12.0 Å². The van der Waals surface area contributed by atoms with Gasteiger partial charge in [-0.15, -0.1) is 21.5 Å².